The van der Waals surface area contributed by atoms with Crippen LogP contribution >= 0.6 is 11.8 Å². The van der Waals surface area contributed by atoms with Crippen molar-refractivity contribution in [3.05, 3.63) is 23.8 Å². The Bertz CT molecular complexity index is 796. The van der Waals surface area contributed by atoms with Crippen molar-refractivity contribution in [1.82, 2.24) is 25.1 Å². The molecule has 2 aliphatic rings. The first-order chi connectivity index (χ1) is 12.7. The average Bonchev–Trinajstić information content (AvgIpc) is 3.23. The minimum atomic E-state index is 0.0814. The number of aryl methyl sites for hydroxylation is 1. The van der Waals surface area contributed by atoms with Gasteiger partial charge >= 0.3 is 0 Å². The fourth-order valence-electron chi connectivity index (χ4n) is 3.35. The molecule has 9 heteroatoms. The monoisotopic (exact) mass is 375 g/mol. The highest BCUT2D eigenvalue weighted by atomic mass is 32.2. The highest BCUT2D eigenvalue weighted by Gasteiger charge is 2.30. The third kappa shape index (κ3) is 3.48. The van der Waals surface area contributed by atoms with Gasteiger partial charge in [0.05, 0.1) is 25.0 Å². The fourth-order valence-corrected chi connectivity index (χ4v) is 4.09. The van der Waals surface area contributed by atoms with Gasteiger partial charge in [-0.3, -0.25) is 4.79 Å². The Morgan fingerprint density at radius 1 is 1.27 bits per heavy atom. The van der Waals surface area contributed by atoms with Crippen LogP contribution in [-0.2, 0) is 11.8 Å². The summed E-state index contributed by atoms with van der Waals surface area (Å²) < 4.78 is 13.1. The average molecular weight is 375 g/mol. The normalized spacial score (nSPS) is 19.4. The summed E-state index contributed by atoms with van der Waals surface area (Å²) in [4.78, 5) is 14.7. The SMILES string of the molecule is Cn1nnnc1SCC(=O)N1CCC[C@@H]1c1ccc2c(c1)OCCCO2. The number of aromatic nitrogens is 4. The lowest BCUT2D eigenvalue weighted by Gasteiger charge is -2.25. The van der Waals surface area contributed by atoms with E-state index in [9.17, 15) is 4.79 Å². The summed E-state index contributed by atoms with van der Waals surface area (Å²) in [5.41, 5.74) is 1.10. The first-order valence-corrected chi connectivity index (χ1v) is 9.75. The number of hydrogen-bond acceptors (Lipinski definition) is 7. The maximum atomic E-state index is 12.8. The second kappa shape index (κ2) is 7.53. The zero-order chi connectivity index (χ0) is 17.9. The van der Waals surface area contributed by atoms with E-state index in [1.165, 1.54) is 11.8 Å². The van der Waals surface area contributed by atoms with Gasteiger partial charge < -0.3 is 14.4 Å². The number of carbonyl (C=O) groups excluding carboxylic acids is 1. The molecule has 0 unspecified atom stereocenters. The second-order valence-electron chi connectivity index (χ2n) is 6.38. The largest absolute Gasteiger partial charge is 0.490 e. The van der Waals surface area contributed by atoms with Gasteiger partial charge in [0.15, 0.2) is 11.5 Å². The molecule has 1 aromatic heterocycles. The van der Waals surface area contributed by atoms with Crippen molar-refractivity contribution in [2.24, 2.45) is 7.05 Å². The van der Waals surface area contributed by atoms with Gasteiger partial charge in [-0.1, -0.05) is 17.8 Å². The van der Waals surface area contributed by atoms with Crippen LogP contribution in [0.2, 0.25) is 0 Å². The summed E-state index contributed by atoms with van der Waals surface area (Å²) in [6, 6.07) is 6.11. The van der Waals surface area contributed by atoms with Gasteiger partial charge in [0.25, 0.3) is 0 Å². The number of thioether (sulfide) groups is 1. The second-order valence-corrected chi connectivity index (χ2v) is 7.32. The van der Waals surface area contributed by atoms with Crippen molar-refractivity contribution in [1.29, 1.82) is 0 Å². The molecule has 1 fully saturated rings. The summed E-state index contributed by atoms with van der Waals surface area (Å²) in [6.45, 7) is 2.11. The topological polar surface area (TPSA) is 82.4 Å². The van der Waals surface area contributed by atoms with Gasteiger partial charge in [0.1, 0.15) is 0 Å². The number of carbonyl (C=O) groups is 1. The Labute approximate surface area is 155 Å². The minimum absolute atomic E-state index is 0.0814. The minimum Gasteiger partial charge on any atom is -0.490 e. The van der Waals surface area contributed by atoms with E-state index in [1.54, 1.807) is 11.7 Å². The summed E-state index contributed by atoms with van der Waals surface area (Å²) >= 11 is 1.36. The van der Waals surface area contributed by atoms with Crippen LogP contribution in [0.3, 0.4) is 0 Å². The number of rotatable bonds is 4. The van der Waals surface area contributed by atoms with Crippen LogP contribution in [0.4, 0.5) is 0 Å². The van der Waals surface area contributed by atoms with Crippen LogP contribution in [0, 0.1) is 0 Å². The van der Waals surface area contributed by atoms with Gasteiger partial charge in [-0.2, -0.15) is 0 Å². The van der Waals surface area contributed by atoms with E-state index in [2.05, 4.69) is 15.5 Å². The molecule has 0 N–H and O–H groups in total. The molecule has 138 valence electrons. The number of hydrogen-bond donors (Lipinski definition) is 0. The molecule has 2 aliphatic heterocycles. The Balaban J connectivity index is 1.47. The molecule has 1 saturated heterocycles. The predicted molar refractivity (Wildman–Crippen MR) is 95.3 cm³/mol. The van der Waals surface area contributed by atoms with E-state index < -0.39 is 0 Å². The summed E-state index contributed by atoms with van der Waals surface area (Å²) in [5, 5.41) is 11.9. The zero-order valence-corrected chi connectivity index (χ0v) is 15.4. The van der Waals surface area contributed by atoms with Crippen LogP contribution in [0.15, 0.2) is 23.4 Å². The predicted octanol–water partition coefficient (Wildman–Crippen LogP) is 1.83. The van der Waals surface area contributed by atoms with Gasteiger partial charge in [-0.05, 0) is 41.0 Å². The number of nitrogens with zero attached hydrogens (tertiary/aromatic N) is 5. The van der Waals surface area contributed by atoms with Crippen molar-refractivity contribution in [3.8, 4) is 11.5 Å². The Morgan fingerprint density at radius 3 is 2.92 bits per heavy atom. The molecule has 1 amide bonds. The smallest absolute Gasteiger partial charge is 0.233 e. The lowest BCUT2D eigenvalue weighted by Crippen LogP contribution is -2.32. The van der Waals surface area contributed by atoms with E-state index in [0.29, 0.717) is 24.1 Å². The highest BCUT2D eigenvalue weighted by Crippen LogP contribution is 2.38. The molecule has 1 atom stereocenters. The van der Waals surface area contributed by atoms with Crippen LogP contribution in [-0.4, -0.2) is 56.5 Å². The van der Waals surface area contributed by atoms with Crippen molar-refractivity contribution in [2.75, 3.05) is 25.5 Å². The number of fused-ring (bicyclic) bond motifs is 1. The van der Waals surface area contributed by atoms with Crippen LogP contribution in [0.5, 0.6) is 11.5 Å². The Morgan fingerprint density at radius 2 is 2.12 bits per heavy atom. The zero-order valence-electron chi connectivity index (χ0n) is 14.6. The molecule has 4 rings (SSSR count). The highest BCUT2D eigenvalue weighted by molar-refractivity contribution is 7.99. The Kier molecular flexibility index (Phi) is 4.96. The number of benzene rings is 1. The van der Waals surface area contributed by atoms with Crippen molar-refractivity contribution >= 4 is 17.7 Å². The lowest BCUT2D eigenvalue weighted by atomic mass is 10.0. The molecule has 0 radical (unpaired) electrons. The molecular formula is C17H21N5O3S. The van der Waals surface area contributed by atoms with Gasteiger partial charge in [0, 0.05) is 20.0 Å². The molecule has 0 aliphatic carbocycles. The van der Waals surface area contributed by atoms with E-state index >= 15 is 0 Å². The van der Waals surface area contributed by atoms with Gasteiger partial charge in [-0.15, -0.1) is 5.10 Å². The van der Waals surface area contributed by atoms with Crippen molar-refractivity contribution < 1.29 is 14.3 Å². The Hall–Kier alpha value is -2.29. The molecular weight excluding hydrogens is 354 g/mol. The van der Waals surface area contributed by atoms with E-state index in [1.807, 2.05) is 23.1 Å². The molecule has 0 spiro atoms. The maximum Gasteiger partial charge on any atom is 0.233 e. The number of amides is 1. The fraction of sp³-hybridized carbons (Fsp3) is 0.529. The van der Waals surface area contributed by atoms with Gasteiger partial charge in [-0.25, -0.2) is 4.68 Å². The third-order valence-corrected chi connectivity index (χ3v) is 5.63. The molecule has 8 nitrogen and oxygen atoms in total. The van der Waals surface area contributed by atoms with E-state index in [4.69, 9.17) is 9.47 Å². The standard InChI is InChI=1S/C17H21N5O3S/c1-21-17(18-19-20-21)26-11-16(23)22-7-2-4-13(22)12-5-6-14-15(10-12)25-9-3-8-24-14/h5-6,10,13H,2-4,7-9,11H2,1H3/t13-/m1/s1. The molecule has 0 bridgehead atoms. The molecule has 0 saturated carbocycles. The molecule has 26 heavy (non-hydrogen) atoms. The first kappa shape index (κ1) is 17.1. The number of tetrazole rings is 1. The van der Waals surface area contributed by atoms with Crippen molar-refractivity contribution in [2.45, 2.75) is 30.5 Å². The summed E-state index contributed by atoms with van der Waals surface area (Å²) in [6.07, 6.45) is 2.84. The number of ether oxygens (including phenoxy) is 2. The van der Waals surface area contributed by atoms with Crippen LogP contribution in [0.25, 0.3) is 0 Å². The summed E-state index contributed by atoms with van der Waals surface area (Å²) in [5.74, 6) is 1.99. The van der Waals surface area contributed by atoms with E-state index in [0.717, 1.165) is 42.9 Å². The van der Waals surface area contributed by atoms with E-state index in [-0.39, 0.29) is 11.9 Å². The lowest BCUT2D eigenvalue weighted by molar-refractivity contribution is -0.129. The third-order valence-electron chi connectivity index (χ3n) is 4.64. The van der Waals surface area contributed by atoms with Gasteiger partial charge in [0.2, 0.25) is 11.1 Å². The first-order valence-electron chi connectivity index (χ1n) is 8.76. The van der Waals surface area contributed by atoms with Crippen molar-refractivity contribution in [3.63, 3.8) is 0 Å². The molecule has 3 heterocycles. The summed E-state index contributed by atoms with van der Waals surface area (Å²) in [7, 11) is 1.77. The molecule has 2 aromatic rings. The number of likely N-dealkylation sites (tertiary alicyclic amines) is 1. The quantitative estimate of drug-likeness (QED) is 0.754. The van der Waals surface area contributed by atoms with Crippen LogP contribution < -0.4 is 9.47 Å². The molecule has 1 aromatic carbocycles. The maximum absolute atomic E-state index is 12.8. The van der Waals surface area contributed by atoms with Crippen LogP contribution in [0.1, 0.15) is 30.9 Å².